The molecule has 2 unspecified atom stereocenters. The molecule has 0 bridgehead atoms. The van der Waals surface area contributed by atoms with Gasteiger partial charge in [0.2, 0.25) is 0 Å². The van der Waals surface area contributed by atoms with Crippen molar-refractivity contribution in [2.45, 2.75) is 31.6 Å². The molecule has 8 nitrogen and oxygen atoms in total. The van der Waals surface area contributed by atoms with Gasteiger partial charge in [-0.2, -0.15) is 0 Å². The summed E-state index contributed by atoms with van der Waals surface area (Å²) < 4.78 is 11.0. The number of carboxylic acids is 1. The molecule has 38 heavy (non-hydrogen) atoms. The van der Waals surface area contributed by atoms with Gasteiger partial charge in [-0.05, 0) is 40.7 Å². The molecular formula is C30H28N2O6. The van der Waals surface area contributed by atoms with E-state index in [1.165, 1.54) is 0 Å². The second kappa shape index (κ2) is 12.6. The van der Waals surface area contributed by atoms with E-state index in [1.807, 2.05) is 66.7 Å². The summed E-state index contributed by atoms with van der Waals surface area (Å²) in [4.78, 5) is 36.0. The standard InChI is InChI=1S/C30H28N2O6/c1-20(37-18-21-10-3-2-4-11-21)28(29(34)35)32-27(33)16-9-17-31-30(36)38-19-26-24-14-7-5-12-22(24)23-13-6-8-15-25(23)26/h2-8,10-15,20,26,28H,17-19H2,1H3,(H,31,36)(H,32,33)(H,34,35). The van der Waals surface area contributed by atoms with E-state index in [1.54, 1.807) is 6.92 Å². The van der Waals surface area contributed by atoms with Crippen molar-refractivity contribution in [3.8, 4) is 23.0 Å². The number of rotatable bonds is 9. The lowest BCUT2D eigenvalue weighted by Gasteiger charge is -2.21. The molecule has 2 atom stereocenters. The predicted octanol–water partition coefficient (Wildman–Crippen LogP) is 3.70. The molecule has 2 amide bonds. The van der Waals surface area contributed by atoms with E-state index in [0.29, 0.717) is 0 Å². The van der Waals surface area contributed by atoms with Gasteiger partial charge in [-0.3, -0.25) is 4.79 Å². The fraction of sp³-hybridized carbons (Fsp3) is 0.233. The van der Waals surface area contributed by atoms with Crippen molar-refractivity contribution in [1.29, 1.82) is 0 Å². The second-order valence-corrected chi connectivity index (χ2v) is 8.77. The molecule has 4 rings (SSSR count). The number of amides is 2. The number of ether oxygens (including phenoxy) is 2. The highest BCUT2D eigenvalue weighted by molar-refractivity contribution is 5.96. The van der Waals surface area contributed by atoms with E-state index >= 15 is 0 Å². The number of carbonyl (C=O) groups excluding carboxylic acids is 2. The zero-order valence-corrected chi connectivity index (χ0v) is 20.8. The van der Waals surface area contributed by atoms with E-state index in [-0.39, 0.29) is 25.7 Å². The molecule has 1 aliphatic rings. The molecule has 0 saturated carbocycles. The lowest BCUT2D eigenvalue weighted by Crippen LogP contribution is -2.48. The second-order valence-electron chi connectivity index (χ2n) is 8.77. The minimum absolute atomic E-state index is 0.0657. The first-order chi connectivity index (χ1) is 18.4. The van der Waals surface area contributed by atoms with Crippen LogP contribution < -0.4 is 10.6 Å². The third kappa shape index (κ3) is 6.58. The zero-order valence-electron chi connectivity index (χ0n) is 20.8. The molecule has 194 valence electrons. The van der Waals surface area contributed by atoms with Gasteiger partial charge in [0.1, 0.15) is 6.61 Å². The van der Waals surface area contributed by atoms with Crippen LogP contribution in [0.4, 0.5) is 4.79 Å². The summed E-state index contributed by atoms with van der Waals surface area (Å²) in [5.74, 6) is 2.70. The Kier molecular flexibility index (Phi) is 8.75. The molecule has 0 fully saturated rings. The summed E-state index contributed by atoms with van der Waals surface area (Å²) in [6, 6.07) is 24.1. The predicted molar refractivity (Wildman–Crippen MR) is 141 cm³/mol. The molecule has 8 heteroatoms. The van der Waals surface area contributed by atoms with Crippen LogP contribution in [0.2, 0.25) is 0 Å². The number of alkyl carbamates (subject to hydrolysis) is 1. The Bertz CT molecular complexity index is 1320. The van der Waals surface area contributed by atoms with Crippen LogP contribution in [0.5, 0.6) is 0 Å². The van der Waals surface area contributed by atoms with Gasteiger partial charge in [-0.15, -0.1) is 0 Å². The molecule has 0 spiro atoms. The molecule has 1 aliphatic carbocycles. The number of hydrogen-bond donors (Lipinski definition) is 3. The highest BCUT2D eigenvalue weighted by Gasteiger charge is 2.29. The summed E-state index contributed by atoms with van der Waals surface area (Å²) in [6.07, 6.45) is -1.45. The number of hydrogen-bond acceptors (Lipinski definition) is 5. The minimum Gasteiger partial charge on any atom is -0.480 e. The lowest BCUT2D eigenvalue weighted by atomic mass is 9.98. The Morgan fingerprint density at radius 2 is 1.53 bits per heavy atom. The van der Waals surface area contributed by atoms with Gasteiger partial charge in [0.15, 0.2) is 6.04 Å². The topological polar surface area (TPSA) is 114 Å². The average molecular weight is 513 g/mol. The quantitative estimate of drug-likeness (QED) is 0.377. The van der Waals surface area contributed by atoms with Gasteiger partial charge < -0.3 is 25.2 Å². The summed E-state index contributed by atoms with van der Waals surface area (Å²) in [7, 11) is 0. The van der Waals surface area contributed by atoms with Crippen molar-refractivity contribution in [2.24, 2.45) is 0 Å². The molecule has 0 heterocycles. The van der Waals surface area contributed by atoms with Crippen molar-refractivity contribution in [3.05, 3.63) is 95.6 Å². The maximum Gasteiger partial charge on any atom is 0.407 e. The molecular weight excluding hydrogens is 484 g/mol. The van der Waals surface area contributed by atoms with Gasteiger partial charge in [-0.25, -0.2) is 9.59 Å². The maximum atomic E-state index is 12.2. The fourth-order valence-electron chi connectivity index (χ4n) is 4.35. The summed E-state index contributed by atoms with van der Waals surface area (Å²) >= 11 is 0. The average Bonchev–Trinajstić information content (AvgIpc) is 3.25. The van der Waals surface area contributed by atoms with Crippen molar-refractivity contribution in [1.82, 2.24) is 10.6 Å². The Hall–Kier alpha value is -4.61. The van der Waals surface area contributed by atoms with Gasteiger partial charge in [0, 0.05) is 5.92 Å². The number of carboxylic acid groups (broad SMARTS) is 1. The van der Waals surface area contributed by atoms with E-state index in [4.69, 9.17) is 9.47 Å². The number of fused-ring (bicyclic) bond motifs is 3. The smallest absolute Gasteiger partial charge is 0.407 e. The fourth-order valence-corrected chi connectivity index (χ4v) is 4.35. The van der Waals surface area contributed by atoms with E-state index < -0.39 is 30.1 Å². The van der Waals surface area contributed by atoms with Crippen LogP contribution in [0.1, 0.15) is 29.5 Å². The van der Waals surface area contributed by atoms with Crippen molar-refractivity contribution >= 4 is 18.0 Å². The van der Waals surface area contributed by atoms with Gasteiger partial charge in [-0.1, -0.05) is 84.8 Å². The van der Waals surface area contributed by atoms with Crippen LogP contribution in [0, 0.1) is 11.8 Å². The van der Waals surface area contributed by atoms with Crippen molar-refractivity contribution in [3.63, 3.8) is 0 Å². The number of nitrogens with one attached hydrogen (secondary N) is 2. The summed E-state index contributed by atoms with van der Waals surface area (Å²) in [6.45, 7) is 1.79. The molecule has 3 aromatic rings. The van der Waals surface area contributed by atoms with Gasteiger partial charge in [0.25, 0.3) is 5.91 Å². The molecule has 3 N–H and O–H groups in total. The highest BCUT2D eigenvalue weighted by atomic mass is 16.5. The van der Waals surface area contributed by atoms with Gasteiger partial charge in [0.05, 0.1) is 19.3 Å². The van der Waals surface area contributed by atoms with Crippen LogP contribution in [0.15, 0.2) is 78.9 Å². The van der Waals surface area contributed by atoms with Crippen LogP contribution in [0.3, 0.4) is 0 Å². The Morgan fingerprint density at radius 1 is 0.921 bits per heavy atom. The van der Waals surface area contributed by atoms with Crippen LogP contribution >= 0.6 is 0 Å². The third-order valence-corrected chi connectivity index (χ3v) is 6.24. The third-order valence-electron chi connectivity index (χ3n) is 6.24. The van der Waals surface area contributed by atoms with Crippen LogP contribution in [-0.2, 0) is 25.7 Å². The molecule has 0 saturated heterocycles. The molecule has 0 aromatic heterocycles. The molecule has 3 aromatic carbocycles. The lowest BCUT2D eigenvalue weighted by molar-refractivity contribution is -0.145. The zero-order chi connectivity index (χ0) is 26.9. The first-order valence-corrected chi connectivity index (χ1v) is 12.2. The first-order valence-electron chi connectivity index (χ1n) is 12.2. The largest absolute Gasteiger partial charge is 0.480 e. The molecule has 0 aliphatic heterocycles. The van der Waals surface area contributed by atoms with E-state index in [0.717, 1.165) is 27.8 Å². The Morgan fingerprint density at radius 3 is 2.16 bits per heavy atom. The first kappa shape index (κ1) is 26.5. The van der Waals surface area contributed by atoms with Crippen LogP contribution in [-0.4, -0.2) is 48.4 Å². The van der Waals surface area contributed by atoms with Crippen molar-refractivity contribution in [2.75, 3.05) is 13.2 Å². The minimum atomic E-state index is -1.28. The SMILES string of the molecule is CC(OCc1ccccc1)C(NC(=O)C#CCNC(=O)OCC1c2ccccc2-c2ccccc21)C(=O)O. The van der Waals surface area contributed by atoms with Gasteiger partial charge >= 0.3 is 12.1 Å². The molecule has 0 radical (unpaired) electrons. The number of benzene rings is 3. The summed E-state index contributed by atoms with van der Waals surface area (Å²) in [5, 5.41) is 14.3. The Balaban J connectivity index is 1.23. The highest BCUT2D eigenvalue weighted by Crippen LogP contribution is 2.44. The Labute approximate surface area is 221 Å². The van der Waals surface area contributed by atoms with Crippen LogP contribution in [0.25, 0.3) is 11.1 Å². The van der Waals surface area contributed by atoms with E-state index in [2.05, 4.69) is 34.6 Å². The normalized spacial score (nSPS) is 13.2. The van der Waals surface area contributed by atoms with E-state index in [9.17, 15) is 19.5 Å². The summed E-state index contributed by atoms with van der Waals surface area (Å²) in [5.41, 5.74) is 5.36. The van der Waals surface area contributed by atoms with Crippen molar-refractivity contribution < 1.29 is 29.0 Å². The monoisotopic (exact) mass is 512 g/mol. The maximum absolute atomic E-state index is 12.2. The number of aliphatic carboxylic acids is 1. The number of carbonyl (C=O) groups is 3.